The number of hydrogen-bond donors (Lipinski definition) is 2. The highest BCUT2D eigenvalue weighted by Crippen LogP contribution is 2.25. The fourth-order valence-corrected chi connectivity index (χ4v) is 3.06. The third kappa shape index (κ3) is 5.05. The Morgan fingerprint density at radius 3 is 2.29 bits per heavy atom. The van der Waals surface area contributed by atoms with Gasteiger partial charge >= 0.3 is 0 Å². The fourth-order valence-electron chi connectivity index (χ4n) is 3.06. The molecular formula is C25H22N4O2. The number of rotatable bonds is 7. The van der Waals surface area contributed by atoms with Crippen LogP contribution in [-0.2, 0) is 0 Å². The maximum absolute atomic E-state index is 12.6. The average molecular weight is 410 g/mol. The molecule has 1 aromatic heterocycles. The third-order valence-corrected chi connectivity index (χ3v) is 4.59. The Morgan fingerprint density at radius 1 is 0.839 bits per heavy atom. The monoisotopic (exact) mass is 410 g/mol. The molecule has 0 atom stereocenters. The van der Waals surface area contributed by atoms with E-state index in [1.165, 1.54) is 0 Å². The summed E-state index contributed by atoms with van der Waals surface area (Å²) in [6.07, 6.45) is 0. The summed E-state index contributed by atoms with van der Waals surface area (Å²) in [5, 5.41) is 14.6. The van der Waals surface area contributed by atoms with Gasteiger partial charge in [-0.3, -0.25) is 4.79 Å². The molecule has 1 amide bonds. The largest absolute Gasteiger partial charge is 0.492 e. The zero-order valence-electron chi connectivity index (χ0n) is 17.1. The van der Waals surface area contributed by atoms with Gasteiger partial charge in [-0.25, -0.2) is 0 Å². The molecular weight excluding hydrogens is 388 g/mol. The number of benzene rings is 3. The number of nitrogens with one attached hydrogen (secondary N) is 2. The predicted octanol–water partition coefficient (Wildman–Crippen LogP) is 5.54. The second-order valence-corrected chi connectivity index (χ2v) is 6.76. The summed E-state index contributed by atoms with van der Waals surface area (Å²) >= 11 is 0. The minimum Gasteiger partial charge on any atom is -0.492 e. The smallest absolute Gasteiger partial charge is 0.255 e. The van der Waals surface area contributed by atoms with Gasteiger partial charge in [0, 0.05) is 16.8 Å². The summed E-state index contributed by atoms with van der Waals surface area (Å²) in [5.74, 6) is 1.07. The molecule has 4 rings (SSSR count). The van der Waals surface area contributed by atoms with Crippen LogP contribution in [0.1, 0.15) is 17.3 Å². The van der Waals surface area contributed by atoms with Crippen molar-refractivity contribution in [3.63, 3.8) is 0 Å². The number of hydrogen-bond acceptors (Lipinski definition) is 5. The lowest BCUT2D eigenvalue weighted by Crippen LogP contribution is -2.13. The van der Waals surface area contributed by atoms with Crippen LogP contribution in [0, 0.1) is 0 Å². The highest BCUT2D eigenvalue weighted by atomic mass is 16.5. The third-order valence-electron chi connectivity index (χ3n) is 4.59. The van der Waals surface area contributed by atoms with Crippen LogP contribution in [0.5, 0.6) is 5.75 Å². The quantitative estimate of drug-likeness (QED) is 0.418. The fraction of sp³-hybridized carbons (Fsp3) is 0.0800. The molecule has 2 N–H and O–H groups in total. The lowest BCUT2D eigenvalue weighted by molar-refractivity contribution is 0.102. The van der Waals surface area contributed by atoms with E-state index in [0.717, 1.165) is 16.9 Å². The van der Waals surface area contributed by atoms with E-state index < -0.39 is 0 Å². The maximum Gasteiger partial charge on any atom is 0.255 e. The van der Waals surface area contributed by atoms with Gasteiger partial charge in [-0.1, -0.05) is 42.5 Å². The normalized spacial score (nSPS) is 10.4. The van der Waals surface area contributed by atoms with Crippen molar-refractivity contribution < 1.29 is 9.53 Å². The number of nitrogens with zero attached hydrogens (tertiary/aromatic N) is 2. The van der Waals surface area contributed by atoms with Gasteiger partial charge in [-0.05, 0) is 55.5 Å². The summed E-state index contributed by atoms with van der Waals surface area (Å²) in [5.41, 5.74) is 3.83. The SMILES string of the molecule is CCOc1ccccc1NC(=O)c1ccc(Nc2ccc(-c3ccccc3)nn2)cc1. The van der Waals surface area contributed by atoms with Gasteiger partial charge in [0.2, 0.25) is 0 Å². The first-order valence-corrected chi connectivity index (χ1v) is 10.0. The molecule has 6 nitrogen and oxygen atoms in total. The Labute approximate surface area is 180 Å². The van der Waals surface area contributed by atoms with Crippen molar-refractivity contribution in [1.82, 2.24) is 10.2 Å². The van der Waals surface area contributed by atoms with Gasteiger partial charge in [0.25, 0.3) is 5.91 Å². The molecule has 4 aromatic rings. The van der Waals surface area contributed by atoms with Crippen LogP contribution >= 0.6 is 0 Å². The number of carbonyl (C=O) groups excluding carboxylic acids is 1. The van der Waals surface area contributed by atoms with Crippen molar-refractivity contribution in [2.24, 2.45) is 0 Å². The van der Waals surface area contributed by atoms with Crippen molar-refractivity contribution in [3.05, 3.63) is 96.6 Å². The predicted molar refractivity (Wildman–Crippen MR) is 123 cm³/mol. The minimum absolute atomic E-state index is 0.203. The van der Waals surface area contributed by atoms with Crippen molar-refractivity contribution in [3.8, 4) is 17.0 Å². The van der Waals surface area contributed by atoms with Crippen LogP contribution in [0.4, 0.5) is 17.2 Å². The number of para-hydroxylation sites is 2. The summed E-state index contributed by atoms with van der Waals surface area (Å²) in [7, 11) is 0. The van der Waals surface area contributed by atoms with Gasteiger partial charge in [0.05, 0.1) is 18.0 Å². The molecule has 0 unspecified atom stereocenters. The second-order valence-electron chi connectivity index (χ2n) is 6.76. The second kappa shape index (κ2) is 9.54. The van der Waals surface area contributed by atoms with Crippen LogP contribution in [0.3, 0.4) is 0 Å². The summed E-state index contributed by atoms with van der Waals surface area (Å²) in [6, 6.07) is 28.2. The highest BCUT2D eigenvalue weighted by molar-refractivity contribution is 6.05. The topological polar surface area (TPSA) is 76.1 Å². The zero-order chi connectivity index (χ0) is 21.5. The van der Waals surface area contributed by atoms with E-state index >= 15 is 0 Å². The van der Waals surface area contributed by atoms with E-state index in [4.69, 9.17) is 4.74 Å². The Balaban J connectivity index is 1.41. The Bertz CT molecular complexity index is 1140. The number of carbonyl (C=O) groups is 1. The van der Waals surface area contributed by atoms with E-state index in [1.807, 2.05) is 85.8 Å². The van der Waals surface area contributed by atoms with E-state index in [0.29, 0.717) is 29.4 Å². The number of amides is 1. The summed E-state index contributed by atoms with van der Waals surface area (Å²) in [4.78, 5) is 12.6. The molecule has 1 heterocycles. The standard InChI is InChI=1S/C25H22N4O2/c1-2-31-23-11-7-6-10-22(23)27-25(30)19-12-14-20(15-13-19)26-24-17-16-21(28-29-24)18-8-4-3-5-9-18/h3-17H,2H2,1H3,(H,26,29)(H,27,30). The van der Waals surface area contributed by atoms with Crippen LogP contribution in [-0.4, -0.2) is 22.7 Å². The van der Waals surface area contributed by atoms with E-state index in [-0.39, 0.29) is 5.91 Å². The molecule has 0 radical (unpaired) electrons. The van der Waals surface area contributed by atoms with Gasteiger partial charge in [0.15, 0.2) is 5.82 Å². The van der Waals surface area contributed by atoms with E-state index in [9.17, 15) is 4.79 Å². The summed E-state index contributed by atoms with van der Waals surface area (Å²) < 4.78 is 5.56. The first-order chi connectivity index (χ1) is 15.2. The molecule has 0 aliphatic rings. The van der Waals surface area contributed by atoms with Gasteiger partial charge < -0.3 is 15.4 Å². The molecule has 0 bridgehead atoms. The number of aromatic nitrogens is 2. The van der Waals surface area contributed by atoms with Crippen LogP contribution in [0.15, 0.2) is 91.0 Å². The van der Waals surface area contributed by atoms with Crippen molar-refractivity contribution in [2.45, 2.75) is 6.92 Å². The molecule has 0 fully saturated rings. The molecule has 0 aliphatic heterocycles. The lowest BCUT2D eigenvalue weighted by Gasteiger charge is -2.11. The van der Waals surface area contributed by atoms with Crippen LogP contribution in [0.25, 0.3) is 11.3 Å². The lowest BCUT2D eigenvalue weighted by atomic mass is 10.1. The number of anilines is 3. The molecule has 6 heteroatoms. The average Bonchev–Trinajstić information content (AvgIpc) is 2.82. The minimum atomic E-state index is -0.203. The van der Waals surface area contributed by atoms with Crippen molar-refractivity contribution in [2.75, 3.05) is 17.2 Å². The van der Waals surface area contributed by atoms with Crippen molar-refractivity contribution in [1.29, 1.82) is 0 Å². The zero-order valence-corrected chi connectivity index (χ0v) is 17.1. The van der Waals surface area contributed by atoms with Crippen LogP contribution in [0.2, 0.25) is 0 Å². The molecule has 0 spiro atoms. The Hall–Kier alpha value is -4.19. The van der Waals surface area contributed by atoms with E-state index in [1.54, 1.807) is 12.1 Å². The molecule has 31 heavy (non-hydrogen) atoms. The highest BCUT2D eigenvalue weighted by Gasteiger charge is 2.10. The first-order valence-electron chi connectivity index (χ1n) is 10.0. The molecule has 0 saturated heterocycles. The molecule has 0 saturated carbocycles. The number of ether oxygens (including phenoxy) is 1. The Kier molecular flexibility index (Phi) is 6.18. The summed E-state index contributed by atoms with van der Waals surface area (Å²) in [6.45, 7) is 2.44. The van der Waals surface area contributed by atoms with E-state index in [2.05, 4.69) is 20.8 Å². The molecule has 154 valence electrons. The van der Waals surface area contributed by atoms with Gasteiger partial charge in [-0.2, -0.15) is 0 Å². The van der Waals surface area contributed by atoms with Crippen LogP contribution < -0.4 is 15.4 Å². The molecule has 0 aliphatic carbocycles. The van der Waals surface area contributed by atoms with Gasteiger partial charge in [0.1, 0.15) is 5.75 Å². The Morgan fingerprint density at radius 2 is 1.58 bits per heavy atom. The maximum atomic E-state index is 12.6. The van der Waals surface area contributed by atoms with Gasteiger partial charge in [-0.15, -0.1) is 10.2 Å². The van der Waals surface area contributed by atoms with Crippen molar-refractivity contribution >= 4 is 23.1 Å². The molecule has 3 aromatic carbocycles. The first kappa shape index (κ1) is 20.1.